The van der Waals surface area contributed by atoms with Gasteiger partial charge in [0.1, 0.15) is 10.8 Å². The minimum absolute atomic E-state index is 0.289. The maximum absolute atomic E-state index is 12.7. The summed E-state index contributed by atoms with van der Waals surface area (Å²) < 4.78 is 5.52. The van der Waals surface area contributed by atoms with E-state index in [-0.39, 0.29) is 5.91 Å². The van der Waals surface area contributed by atoms with Crippen LogP contribution in [-0.2, 0) is 12.8 Å². The van der Waals surface area contributed by atoms with E-state index in [1.807, 2.05) is 13.0 Å². The van der Waals surface area contributed by atoms with Crippen LogP contribution in [0.25, 0.3) is 0 Å². The van der Waals surface area contributed by atoms with Gasteiger partial charge in [-0.15, -0.1) is 11.3 Å². The molecule has 0 saturated carbocycles. The molecule has 0 radical (unpaired) electrons. The van der Waals surface area contributed by atoms with Crippen molar-refractivity contribution in [2.45, 2.75) is 39.0 Å². The highest BCUT2D eigenvalue weighted by Gasteiger charge is 2.25. The summed E-state index contributed by atoms with van der Waals surface area (Å²) >= 11 is 1.47. The molecule has 0 bridgehead atoms. The van der Waals surface area contributed by atoms with Crippen molar-refractivity contribution >= 4 is 28.2 Å². The standard InChI is InChI=1S/C19H22N2O3S/c1-2-24-14-10-7-6-8-12(14)18(23)21-19-16(17(20)22)13-9-4-3-5-11-15(13)25-19/h6-8,10H,2-5,9,11H2,1H3,(H2,20,22)(H,21,23). The van der Waals surface area contributed by atoms with E-state index in [9.17, 15) is 9.59 Å². The number of nitrogens with one attached hydrogen (secondary N) is 1. The molecule has 2 aromatic rings. The van der Waals surface area contributed by atoms with Crippen LogP contribution in [0.3, 0.4) is 0 Å². The van der Waals surface area contributed by atoms with Crippen molar-refractivity contribution in [1.29, 1.82) is 0 Å². The molecule has 3 rings (SSSR count). The maximum Gasteiger partial charge on any atom is 0.260 e. The Morgan fingerprint density at radius 3 is 2.72 bits per heavy atom. The summed E-state index contributed by atoms with van der Waals surface area (Å²) in [6, 6.07) is 7.08. The number of carbonyl (C=O) groups is 2. The van der Waals surface area contributed by atoms with Crippen LogP contribution in [0.1, 0.15) is 57.3 Å². The second-order valence-corrected chi connectivity index (χ2v) is 7.12. The Labute approximate surface area is 151 Å². The van der Waals surface area contributed by atoms with Gasteiger partial charge in [-0.1, -0.05) is 18.6 Å². The van der Waals surface area contributed by atoms with E-state index >= 15 is 0 Å². The molecule has 1 aromatic carbocycles. The molecule has 5 nitrogen and oxygen atoms in total. The van der Waals surface area contributed by atoms with Gasteiger partial charge in [0.25, 0.3) is 11.8 Å². The number of ether oxygens (including phenoxy) is 1. The van der Waals surface area contributed by atoms with Crippen LogP contribution in [0.2, 0.25) is 0 Å². The zero-order valence-electron chi connectivity index (χ0n) is 14.3. The van der Waals surface area contributed by atoms with E-state index in [2.05, 4.69) is 5.32 Å². The number of hydrogen-bond donors (Lipinski definition) is 2. The molecule has 1 heterocycles. The Morgan fingerprint density at radius 1 is 1.20 bits per heavy atom. The lowest BCUT2D eigenvalue weighted by atomic mass is 10.1. The number of rotatable bonds is 5. The zero-order chi connectivity index (χ0) is 17.8. The summed E-state index contributed by atoms with van der Waals surface area (Å²) in [5.41, 5.74) is 7.56. The summed E-state index contributed by atoms with van der Waals surface area (Å²) in [6.07, 6.45) is 5.08. The normalized spacial score (nSPS) is 13.6. The van der Waals surface area contributed by atoms with E-state index in [0.29, 0.717) is 28.5 Å². The number of para-hydroxylation sites is 1. The van der Waals surface area contributed by atoms with Crippen molar-refractivity contribution < 1.29 is 14.3 Å². The summed E-state index contributed by atoms with van der Waals surface area (Å²) in [7, 11) is 0. The van der Waals surface area contributed by atoms with Crippen LogP contribution in [0, 0.1) is 0 Å². The highest BCUT2D eigenvalue weighted by atomic mass is 32.1. The average Bonchev–Trinajstić information content (AvgIpc) is 2.77. The first-order chi connectivity index (χ1) is 12.1. The number of fused-ring (bicyclic) bond motifs is 1. The Balaban J connectivity index is 1.93. The molecule has 25 heavy (non-hydrogen) atoms. The van der Waals surface area contributed by atoms with Crippen molar-refractivity contribution in [1.82, 2.24) is 0 Å². The molecule has 0 spiro atoms. The summed E-state index contributed by atoms with van der Waals surface area (Å²) in [5.74, 6) is -0.239. The predicted octanol–water partition coefficient (Wildman–Crippen LogP) is 3.77. The van der Waals surface area contributed by atoms with Crippen molar-refractivity contribution in [2.24, 2.45) is 5.73 Å². The van der Waals surface area contributed by atoms with Gasteiger partial charge in [0.05, 0.1) is 17.7 Å². The van der Waals surface area contributed by atoms with Crippen molar-refractivity contribution in [2.75, 3.05) is 11.9 Å². The minimum atomic E-state index is -0.479. The number of benzene rings is 1. The molecule has 1 aromatic heterocycles. The van der Waals surface area contributed by atoms with Crippen LogP contribution in [0.15, 0.2) is 24.3 Å². The number of carbonyl (C=O) groups excluding carboxylic acids is 2. The average molecular weight is 358 g/mol. The third-order valence-electron chi connectivity index (χ3n) is 4.33. The van der Waals surface area contributed by atoms with Gasteiger partial charge in [0.2, 0.25) is 0 Å². The van der Waals surface area contributed by atoms with Gasteiger partial charge in [-0.2, -0.15) is 0 Å². The lowest BCUT2D eigenvalue weighted by molar-refractivity contribution is 0.100. The van der Waals surface area contributed by atoms with Gasteiger partial charge in [-0.25, -0.2) is 0 Å². The van der Waals surface area contributed by atoms with E-state index in [0.717, 1.165) is 37.7 Å². The number of hydrogen-bond acceptors (Lipinski definition) is 4. The Hall–Kier alpha value is -2.34. The van der Waals surface area contributed by atoms with Crippen LogP contribution < -0.4 is 15.8 Å². The van der Waals surface area contributed by atoms with Gasteiger partial charge in [-0.3, -0.25) is 9.59 Å². The summed E-state index contributed by atoms with van der Waals surface area (Å²) in [5, 5.41) is 3.43. The molecule has 6 heteroatoms. The molecular weight excluding hydrogens is 336 g/mol. The monoisotopic (exact) mass is 358 g/mol. The van der Waals surface area contributed by atoms with Gasteiger partial charge in [-0.05, 0) is 50.3 Å². The smallest absolute Gasteiger partial charge is 0.260 e. The van der Waals surface area contributed by atoms with Gasteiger partial charge in [0.15, 0.2) is 0 Å². The molecule has 0 unspecified atom stereocenters. The SMILES string of the molecule is CCOc1ccccc1C(=O)Nc1sc2c(c1C(N)=O)CCCCC2. The lowest BCUT2D eigenvalue weighted by Gasteiger charge is -2.10. The van der Waals surface area contributed by atoms with Crippen LogP contribution in [0.4, 0.5) is 5.00 Å². The highest BCUT2D eigenvalue weighted by Crippen LogP contribution is 2.37. The fourth-order valence-electron chi connectivity index (χ4n) is 3.20. The third-order valence-corrected chi connectivity index (χ3v) is 5.53. The molecule has 1 aliphatic rings. The predicted molar refractivity (Wildman–Crippen MR) is 99.7 cm³/mol. The molecule has 2 amide bonds. The number of aryl methyl sites for hydroxylation is 1. The topological polar surface area (TPSA) is 81.4 Å². The van der Waals surface area contributed by atoms with Crippen LogP contribution in [-0.4, -0.2) is 18.4 Å². The Bertz CT molecular complexity index is 798. The van der Waals surface area contributed by atoms with E-state index in [1.54, 1.807) is 18.2 Å². The first-order valence-electron chi connectivity index (χ1n) is 8.59. The molecule has 0 fully saturated rings. The van der Waals surface area contributed by atoms with E-state index < -0.39 is 5.91 Å². The Morgan fingerprint density at radius 2 is 1.96 bits per heavy atom. The summed E-state index contributed by atoms with van der Waals surface area (Å²) in [4.78, 5) is 25.9. The molecular formula is C19H22N2O3S. The molecule has 132 valence electrons. The fourth-order valence-corrected chi connectivity index (χ4v) is 4.49. The number of nitrogens with two attached hydrogens (primary N) is 1. The molecule has 0 saturated heterocycles. The first kappa shape index (κ1) is 17.5. The lowest BCUT2D eigenvalue weighted by Crippen LogP contribution is -2.18. The van der Waals surface area contributed by atoms with Crippen molar-refractivity contribution in [3.8, 4) is 5.75 Å². The molecule has 1 aliphatic carbocycles. The first-order valence-corrected chi connectivity index (χ1v) is 9.41. The zero-order valence-corrected chi connectivity index (χ0v) is 15.1. The van der Waals surface area contributed by atoms with Gasteiger partial charge in [0, 0.05) is 4.88 Å². The maximum atomic E-state index is 12.7. The second-order valence-electron chi connectivity index (χ2n) is 6.02. The van der Waals surface area contributed by atoms with E-state index in [4.69, 9.17) is 10.5 Å². The molecule has 0 aliphatic heterocycles. The highest BCUT2D eigenvalue weighted by molar-refractivity contribution is 7.17. The third kappa shape index (κ3) is 3.69. The minimum Gasteiger partial charge on any atom is -0.493 e. The fraction of sp³-hybridized carbons (Fsp3) is 0.368. The second kappa shape index (κ2) is 7.70. The van der Waals surface area contributed by atoms with E-state index in [1.165, 1.54) is 16.2 Å². The number of anilines is 1. The van der Waals surface area contributed by atoms with Crippen molar-refractivity contribution in [3.63, 3.8) is 0 Å². The summed E-state index contributed by atoms with van der Waals surface area (Å²) in [6.45, 7) is 2.35. The van der Waals surface area contributed by atoms with Gasteiger partial charge < -0.3 is 15.8 Å². The number of thiophene rings is 1. The van der Waals surface area contributed by atoms with Crippen LogP contribution >= 0.6 is 11.3 Å². The number of amides is 2. The van der Waals surface area contributed by atoms with Gasteiger partial charge >= 0.3 is 0 Å². The largest absolute Gasteiger partial charge is 0.493 e. The quantitative estimate of drug-likeness (QED) is 0.798. The molecule has 0 atom stereocenters. The molecule has 3 N–H and O–H groups in total. The Kier molecular flexibility index (Phi) is 5.38. The van der Waals surface area contributed by atoms with Crippen LogP contribution in [0.5, 0.6) is 5.75 Å². The number of primary amides is 1. The van der Waals surface area contributed by atoms with Crippen molar-refractivity contribution in [3.05, 3.63) is 45.8 Å².